The smallest absolute Gasteiger partial charge is 0.174 e. The van der Waals surface area contributed by atoms with Crippen LogP contribution in [-0.2, 0) is 31.3 Å². The van der Waals surface area contributed by atoms with E-state index >= 15 is 0 Å². The Kier molecular flexibility index (Phi) is 4.79. The Morgan fingerprint density at radius 2 is 1.87 bits per heavy atom. The van der Waals surface area contributed by atoms with Gasteiger partial charge >= 0.3 is 0 Å². The summed E-state index contributed by atoms with van der Waals surface area (Å²) in [5.41, 5.74) is 1.30. The van der Waals surface area contributed by atoms with Crippen molar-refractivity contribution in [3.05, 3.63) is 53.7 Å². The van der Waals surface area contributed by atoms with Gasteiger partial charge in [0.05, 0.1) is 19.5 Å². The van der Waals surface area contributed by atoms with Crippen LogP contribution >= 0.6 is 11.6 Å². The first-order chi connectivity index (χ1) is 14.4. The van der Waals surface area contributed by atoms with Gasteiger partial charge in [0.25, 0.3) is 0 Å². The maximum atomic E-state index is 6.48. The highest BCUT2D eigenvalue weighted by Gasteiger charge is 2.62. The SMILES string of the molecule is CC1(C)O[C@H]2[C@@H](O1)[C@](C)(n1cnc3c(Cl)ncnc31)O[C@@H]2COCc1ccccc1. The number of hydrogen-bond donors (Lipinski definition) is 0. The summed E-state index contributed by atoms with van der Waals surface area (Å²) in [7, 11) is 0. The molecule has 2 aliphatic heterocycles. The van der Waals surface area contributed by atoms with Crippen LogP contribution in [0.1, 0.15) is 26.3 Å². The molecule has 4 atom stereocenters. The number of hydrogen-bond acceptors (Lipinski definition) is 7. The number of benzene rings is 1. The summed E-state index contributed by atoms with van der Waals surface area (Å²) in [5.74, 6) is -0.735. The molecule has 4 heterocycles. The molecular formula is C21H23ClN4O4. The number of rotatable bonds is 5. The monoisotopic (exact) mass is 430 g/mol. The molecule has 0 bridgehead atoms. The number of imidazole rings is 1. The summed E-state index contributed by atoms with van der Waals surface area (Å²) in [4.78, 5) is 12.8. The summed E-state index contributed by atoms with van der Waals surface area (Å²) >= 11 is 6.19. The molecule has 1 aromatic carbocycles. The fraction of sp³-hybridized carbons (Fsp3) is 0.476. The highest BCUT2D eigenvalue weighted by molar-refractivity contribution is 6.33. The van der Waals surface area contributed by atoms with E-state index in [1.54, 1.807) is 6.33 Å². The van der Waals surface area contributed by atoms with Gasteiger partial charge in [-0.15, -0.1) is 0 Å². The number of halogens is 1. The van der Waals surface area contributed by atoms with E-state index in [1.807, 2.05) is 55.7 Å². The molecule has 2 aliphatic rings. The molecule has 0 saturated carbocycles. The van der Waals surface area contributed by atoms with Crippen LogP contribution in [0.2, 0.25) is 5.15 Å². The van der Waals surface area contributed by atoms with Crippen LogP contribution in [0.3, 0.4) is 0 Å². The van der Waals surface area contributed by atoms with E-state index in [2.05, 4.69) is 15.0 Å². The third kappa shape index (κ3) is 3.29. The third-order valence-electron chi connectivity index (χ3n) is 5.57. The number of fused-ring (bicyclic) bond motifs is 2. The van der Waals surface area contributed by atoms with Crippen LogP contribution < -0.4 is 0 Å². The van der Waals surface area contributed by atoms with Gasteiger partial charge in [-0.2, -0.15) is 0 Å². The molecule has 0 unspecified atom stereocenters. The van der Waals surface area contributed by atoms with Crippen LogP contribution in [0.4, 0.5) is 0 Å². The predicted molar refractivity (Wildman–Crippen MR) is 109 cm³/mol. The van der Waals surface area contributed by atoms with Gasteiger partial charge in [-0.05, 0) is 26.3 Å². The van der Waals surface area contributed by atoms with Crippen LogP contribution in [-0.4, -0.2) is 50.2 Å². The number of nitrogens with zero attached hydrogens (tertiary/aromatic N) is 4. The fourth-order valence-corrected chi connectivity index (χ4v) is 4.41. The van der Waals surface area contributed by atoms with Crippen molar-refractivity contribution in [1.82, 2.24) is 19.5 Å². The molecule has 3 aromatic rings. The first-order valence-electron chi connectivity index (χ1n) is 9.86. The Bertz CT molecular complexity index is 1060. The van der Waals surface area contributed by atoms with E-state index in [-0.39, 0.29) is 18.3 Å². The zero-order chi connectivity index (χ0) is 20.9. The maximum absolute atomic E-state index is 6.48. The van der Waals surface area contributed by atoms with E-state index in [0.717, 1.165) is 5.56 Å². The molecule has 8 nitrogen and oxygen atoms in total. The molecule has 2 saturated heterocycles. The molecule has 5 rings (SSSR count). The van der Waals surface area contributed by atoms with Crippen molar-refractivity contribution in [3.8, 4) is 0 Å². The van der Waals surface area contributed by atoms with E-state index in [0.29, 0.717) is 29.5 Å². The Balaban J connectivity index is 1.43. The van der Waals surface area contributed by atoms with E-state index < -0.39 is 11.5 Å². The van der Waals surface area contributed by atoms with Crippen molar-refractivity contribution in [2.24, 2.45) is 0 Å². The lowest BCUT2D eigenvalue weighted by Crippen LogP contribution is -2.43. The second-order valence-electron chi connectivity index (χ2n) is 8.18. The molecule has 0 aliphatic carbocycles. The number of aromatic nitrogens is 4. The van der Waals surface area contributed by atoms with Gasteiger partial charge in [0, 0.05) is 0 Å². The topological polar surface area (TPSA) is 80.5 Å². The summed E-state index contributed by atoms with van der Waals surface area (Å²) in [6, 6.07) is 10.0. The molecule has 0 amide bonds. The summed E-state index contributed by atoms with van der Waals surface area (Å²) in [6.45, 7) is 6.62. The minimum Gasteiger partial charge on any atom is -0.374 e. The molecule has 9 heteroatoms. The van der Waals surface area contributed by atoms with Crippen LogP contribution in [0, 0.1) is 0 Å². The molecule has 2 aromatic heterocycles. The Morgan fingerprint density at radius 1 is 1.07 bits per heavy atom. The lowest BCUT2D eigenvalue weighted by Gasteiger charge is -2.32. The van der Waals surface area contributed by atoms with Gasteiger partial charge in [-0.3, -0.25) is 4.57 Å². The Hall–Kier alpha value is -2.10. The molecule has 0 radical (unpaired) electrons. The van der Waals surface area contributed by atoms with Gasteiger partial charge in [-0.1, -0.05) is 41.9 Å². The molecule has 0 spiro atoms. The largest absolute Gasteiger partial charge is 0.374 e. The lowest BCUT2D eigenvalue weighted by atomic mass is 10.0. The Morgan fingerprint density at radius 3 is 2.67 bits per heavy atom. The molecule has 30 heavy (non-hydrogen) atoms. The zero-order valence-electron chi connectivity index (χ0n) is 17.0. The Labute approximate surface area is 179 Å². The first-order valence-corrected chi connectivity index (χ1v) is 10.2. The van der Waals surface area contributed by atoms with Crippen LogP contribution in [0.25, 0.3) is 11.2 Å². The second kappa shape index (κ2) is 7.25. The summed E-state index contributed by atoms with van der Waals surface area (Å²) in [5, 5.41) is 0.295. The van der Waals surface area contributed by atoms with Crippen molar-refractivity contribution >= 4 is 22.8 Å². The summed E-state index contributed by atoms with van der Waals surface area (Å²) in [6.07, 6.45) is 2.08. The van der Waals surface area contributed by atoms with Crippen LogP contribution in [0.15, 0.2) is 43.0 Å². The third-order valence-corrected chi connectivity index (χ3v) is 5.85. The quantitative estimate of drug-likeness (QED) is 0.574. The van der Waals surface area contributed by atoms with Crippen molar-refractivity contribution in [2.45, 2.75) is 57.2 Å². The zero-order valence-corrected chi connectivity index (χ0v) is 17.7. The van der Waals surface area contributed by atoms with Crippen molar-refractivity contribution in [1.29, 1.82) is 0 Å². The van der Waals surface area contributed by atoms with E-state index in [1.165, 1.54) is 6.33 Å². The molecule has 158 valence electrons. The molecule has 2 fully saturated rings. The van der Waals surface area contributed by atoms with Crippen molar-refractivity contribution < 1.29 is 18.9 Å². The fourth-order valence-electron chi connectivity index (χ4n) is 4.24. The maximum Gasteiger partial charge on any atom is 0.174 e. The molecule has 0 N–H and O–H groups in total. The average Bonchev–Trinajstić information content (AvgIpc) is 3.36. The lowest BCUT2D eigenvalue weighted by molar-refractivity contribution is -0.230. The van der Waals surface area contributed by atoms with Gasteiger partial charge in [0.2, 0.25) is 0 Å². The van der Waals surface area contributed by atoms with E-state index in [9.17, 15) is 0 Å². The first kappa shape index (κ1) is 19.8. The minimum absolute atomic E-state index is 0.295. The van der Waals surface area contributed by atoms with Gasteiger partial charge < -0.3 is 18.9 Å². The van der Waals surface area contributed by atoms with Crippen molar-refractivity contribution in [3.63, 3.8) is 0 Å². The van der Waals surface area contributed by atoms with E-state index in [4.69, 9.17) is 30.5 Å². The second-order valence-corrected chi connectivity index (χ2v) is 8.54. The van der Waals surface area contributed by atoms with Gasteiger partial charge in [-0.25, -0.2) is 15.0 Å². The highest BCUT2D eigenvalue weighted by Crippen LogP contribution is 2.47. The van der Waals surface area contributed by atoms with Crippen LogP contribution in [0.5, 0.6) is 0 Å². The van der Waals surface area contributed by atoms with Gasteiger partial charge in [0.1, 0.15) is 30.2 Å². The minimum atomic E-state index is -0.897. The standard InChI is InChI=1S/C21H23ClN4O4/c1-20(2)29-16-14(10-27-9-13-7-5-4-6-8-13)28-21(3,17(16)30-20)26-12-25-15-18(22)23-11-24-19(15)26/h4-8,11-12,14,16-17H,9-10H2,1-3H3/t14-,16-,17-,21-/m1/s1. The predicted octanol–water partition coefficient (Wildman–Crippen LogP) is 3.29. The number of ether oxygens (including phenoxy) is 4. The summed E-state index contributed by atoms with van der Waals surface area (Å²) < 4.78 is 26.7. The normalized spacial score (nSPS) is 30.1. The average molecular weight is 431 g/mol. The van der Waals surface area contributed by atoms with Crippen molar-refractivity contribution in [2.75, 3.05) is 6.61 Å². The highest BCUT2D eigenvalue weighted by atomic mass is 35.5. The molecular weight excluding hydrogens is 408 g/mol. The van der Waals surface area contributed by atoms with Gasteiger partial charge in [0.15, 0.2) is 22.3 Å².